The molecule has 2 amide bonds. The van der Waals surface area contributed by atoms with E-state index < -0.39 is 0 Å². The van der Waals surface area contributed by atoms with Crippen LogP contribution in [-0.2, 0) is 14.3 Å². The summed E-state index contributed by atoms with van der Waals surface area (Å²) in [5.74, 6) is 0.448. The first-order chi connectivity index (χ1) is 8.54. The van der Waals surface area contributed by atoms with Crippen LogP contribution in [0.4, 0.5) is 0 Å². The van der Waals surface area contributed by atoms with Crippen molar-refractivity contribution in [3.63, 3.8) is 0 Å². The van der Waals surface area contributed by atoms with Gasteiger partial charge in [-0.3, -0.25) is 9.59 Å². The maximum Gasteiger partial charge on any atom is 0.225 e. The van der Waals surface area contributed by atoms with E-state index >= 15 is 0 Å². The van der Waals surface area contributed by atoms with Gasteiger partial charge < -0.3 is 15.0 Å². The summed E-state index contributed by atoms with van der Waals surface area (Å²) < 4.78 is 4.87. The molecule has 18 heavy (non-hydrogen) atoms. The highest BCUT2D eigenvalue weighted by atomic mass is 16.5. The molecule has 1 rings (SSSR count). The third kappa shape index (κ3) is 4.64. The number of nitrogens with one attached hydrogen (secondary N) is 1. The van der Waals surface area contributed by atoms with Crippen molar-refractivity contribution in [2.75, 3.05) is 33.4 Å². The van der Waals surface area contributed by atoms with Crippen LogP contribution < -0.4 is 5.32 Å². The lowest BCUT2D eigenvalue weighted by Gasteiger charge is -2.17. The molecule has 0 saturated carbocycles. The van der Waals surface area contributed by atoms with E-state index in [1.54, 1.807) is 12.0 Å². The number of likely N-dealkylation sites (tertiary alicyclic amines) is 1. The molecular formula is C13H24N2O3. The van der Waals surface area contributed by atoms with Crippen LogP contribution in [0.2, 0.25) is 0 Å². The molecule has 0 aromatic rings. The maximum atomic E-state index is 11.8. The van der Waals surface area contributed by atoms with Crippen molar-refractivity contribution in [2.24, 2.45) is 11.8 Å². The van der Waals surface area contributed by atoms with E-state index in [2.05, 4.69) is 19.2 Å². The number of ether oxygens (including phenoxy) is 1. The van der Waals surface area contributed by atoms with E-state index in [-0.39, 0.29) is 17.7 Å². The number of rotatable bonds is 7. The number of methoxy groups -OCH3 is 1. The number of carbonyl (C=O) groups excluding carboxylic acids is 2. The Labute approximate surface area is 109 Å². The van der Waals surface area contributed by atoms with Crippen LogP contribution in [0.5, 0.6) is 0 Å². The Hall–Kier alpha value is -1.10. The number of amides is 2. The van der Waals surface area contributed by atoms with Gasteiger partial charge in [0.05, 0.1) is 12.5 Å². The lowest BCUT2D eigenvalue weighted by molar-refractivity contribution is -0.129. The molecule has 0 aromatic carbocycles. The summed E-state index contributed by atoms with van der Waals surface area (Å²) in [5, 5.41) is 2.79. The summed E-state index contributed by atoms with van der Waals surface area (Å²) in [6.07, 6.45) is 1.33. The van der Waals surface area contributed by atoms with Crippen LogP contribution in [0.25, 0.3) is 0 Å². The summed E-state index contributed by atoms with van der Waals surface area (Å²) in [5.41, 5.74) is 0. The van der Waals surface area contributed by atoms with E-state index in [4.69, 9.17) is 4.74 Å². The highest BCUT2D eigenvalue weighted by Gasteiger charge is 2.33. The van der Waals surface area contributed by atoms with Gasteiger partial charge in [0.2, 0.25) is 11.8 Å². The minimum absolute atomic E-state index is 0.0348. The first kappa shape index (κ1) is 15.0. The van der Waals surface area contributed by atoms with Gasteiger partial charge in [-0.2, -0.15) is 0 Å². The van der Waals surface area contributed by atoms with Gasteiger partial charge in [-0.25, -0.2) is 0 Å². The third-order valence-electron chi connectivity index (χ3n) is 3.17. The van der Waals surface area contributed by atoms with Gasteiger partial charge >= 0.3 is 0 Å². The molecule has 1 heterocycles. The van der Waals surface area contributed by atoms with Crippen molar-refractivity contribution in [3.8, 4) is 0 Å². The number of hydrogen-bond acceptors (Lipinski definition) is 3. The molecule has 1 saturated heterocycles. The minimum atomic E-state index is -0.193. The number of hydrogen-bond donors (Lipinski definition) is 1. The van der Waals surface area contributed by atoms with Gasteiger partial charge in [0, 0.05) is 33.2 Å². The standard InChI is InChI=1S/C13H24N2O3/c1-10(2)4-6-15-9-11(8-12(15)16)13(17)14-5-7-18-3/h10-11H,4-9H2,1-3H3,(H,14,17). The van der Waals surface area contributed by atoms with Gasteiger partial charge in [-0.1, -0.05) is 13.8 Å². The lowest BCUT2D eigenvalue weighted by Crippen LogP contribution is -2.35. The molecule has 0 radical (unpaired) electrons. The second-order valence-corrected chi connectivity index (χ2v) is 5.21. The average molecular weight is 256 g/mol. The Kier molecular flexibility index (Phi) is 6.12. The lowest BCUT2D eigenvalue weighted by atomic mass is 10.1. The third-order valence-corrected chi connectivity index (χ3v) is 3.17. The normalized spacial score (nSPS) is 19.7. The minimum Gasteiger partial charge on any atom is -0.383 e. The molecule has 1 aliphatic heterocycles. The molecule has 0 aliphatic carbocycles. The molecule has 1 fully saturated rings. The van der Waals surface area contributed by atoms with Crippen molar-refractivity contribution >= 4 is 11.8 Å². The van der Waals surface area contributed by atoms with Crippen molar-refractivity contribution in [1.82, 2.24) is 10.2 Å². The zero-order valence-corrected chi connectivity index (χ0v) is 11.6. The molecule has 5 heteroatoms. The fourth-order valence-corrected chi connectivity index (χ4v) is 2.00. The Morgan fingerprint density at radius 1 is 1.56 bits per heavy atom. The van der Waals surface area contributed by atoms with E-state index in [0.717, 1.165) is 13.0 Å². The second-order valence-electron chi connectivity index (χ2n) is 5.21. The Morgan fingerprint density at radius 2 is 2.28 bits per heavy atom. The van der Waals surface area contributed by atoms with Crippen molar-refractivity contribution in [3.05, 3.63) is 0 Å². The van der Waals surface area contributed by atoms with Crippen LogP contribution in [0.3, 0.4) is 0 Å². The Balaban J connectivity index is 2.33. The maximum absolute atomic E-state index is 11.8. The van der Waals surface area contributed by atoms with Crippen molar-refractivity contribution in [2.45, 2.75) is 26.7 Å². The van der Waals surface area contributed by atoms with Gasteiger partial charge in [0.25, 0.3) is 0 Å². The highest BCUT2D eigenvalue weighted by Crippen LogP contribution is 2.19. The van der Waals surface area contributed by atoms with Gasteiger partial charge in [0.15, 0.2) is 0 Å². The highest BCUT2D eigenvalue weighted by molar-refractivity contribution is 5.89. The summed E-state index contributed by atoms with van der Waals surface area (Å²) in [4.78, 5) is 25.4. The Bertz CT molecular complexity index is 292. The van der Waals surface area contributed by atoms with Crippen LogP contribution in [0.1, 0.15) is 26.7 Å². The Morgan fingerprint density at radius 3 is 2.89 bits per heavy atom. The average Bonchev–Trinajstić information content (AvgIpc) is 2.68. The first-order valence-electron chi connectivity index (χ1n) is 6.59. The molecule has 1 N–H and O–H groups in total. The van der Waals surface area contributed by atoms with E-state index in [1.165, 1.54) is 0 Å². The molecule has 0 bridgehead atoms. The molecule has 5 nitrogen and oxygen atoms in total. The number of carbonyl (C=O) groups is 2. The molecule has 1 unspecified atom stereocenters. The van der Waals surface area contributed by atoms with Crippen LogP contribution in [0.15, 0.2) is 0 Å². The van der Waals surface area contributed by atoms with E-state index in [0.29, 0.717) is 32.0 Å². The van der Waals surface area contributed by atoms with Crippen LogP contribution in [-0.4, -0.2) is 50.1 Å². The van der Waals surface area contributed by atoms with E-state index in [9.17, 15) is 9.59 Å². The van der Waals surface area contributed by atoms with Crippen LogP contribution in [0, 0.1) is 11.8 Å². The topological polar surface area (TPSA) is 58.6 Å². The van der Waals surface area contributed by atoms with E-state index in [1.807, 2.05) is 0 Å². The van der Waals surface area contributed by atoms with Gasteiger partial charge in [0.1, 0.15) is 0 Å². The van der Waals surface area contributed by atoms with Crippen molar-refractivity contribution < 1.29 is 14.3 Å². The second kappa shape index (κ2) is 7.36. The van der Waals surface area contributed by atoms with Gasteiger partial charge in [-0.15, -0.1) is 0 Å². The summed E-state index contributed by atoms with van der Waals surface area (Å²) in [7, 11) is 1.60. The number of nitrogens with zero attached hydrogens (tertiary/aromatic N) is 1. The SMILES string of the molecule is COCCNC(=O)C1CC(=O)N(CCC(C)C)C1. The molecule has 0 spiro atoms. The smallest absolute Gasteiger partial charge is 0.225 e. The largest absolute Gasteiger partial charge is 0.383 e. The molecule has 0 aromatic heterocycles. The summed E-state index contributed by atoms with van der Waals surface area (Å²) >= 11 is 0. The zero-order valence-electron chi connectivity index (χ0n) is 11.6. The first-order valence-corrected chi connectivity index (χ1v) is 6.59. The zero-order chi connectivity index (χ0) is 13.5. The molecule has 1 atom stereocenters. The molecular weight excluding hydrogens is 232 g/mol. The predicted molar refractivity (Wildman–Crippen MR) is 69.0 cm³/mol. The van der Waals surface area contributed by atoms with Crippen molar-refractivity contribution in [1.29, 1.82) is 0 Å². The monoisotopic (exact) mass is 256 g/mol. The fourth-order valence-electron chi connectivity index (χ4n) is 2.00. The molecule has 1 aliphatic rings. The van der Waals surface area contributed by atoms with Gasteiger partial charge in [-0.05, 0) is 12.3 Å². The quantitative estimate of drug-likeness (QED) is 0.680. The van der Waals surface area contributed by atoms with Crippen LogP contribution >= 0.6 is 0 Å². The fraction of sp³-hybridized carbons (Fsp3) is 0.846. The molecule has 104 valence electrons. The predicted octanol–water partition coefficient (Wildman–Crippen LogP) is 0.644. The summed E-state index contributed by atoms with van der Waals surface area (Å²) in [6.45, 7) is 6.60. The summed E-state index contributed by atoms with van der Waals surface area (Å²) in [6, 6.07) is 0.